The maximum Gasteiger partial charge on any atom is 0.330 e. The molecular formula is C22H29NO4. The lowest BCUT2D eigenvalue weighted by Gasteiger charge is -2.29. The summed E-state index contributed by atoms with van der Waals surface area (Å²) in [5.41, 5.74) is 1.50. The quantitative estimate of drug-likeness (QED) is 0.584. The van der Waals surface area contributed by atoms with Crippen LogP contribution in [0.4, 0.5) is 0 Å². The summed E-state index contributed by atoms with van der Waals surface area (Å²) in [6.45, 7) is 0.626. The van der Waals surface area contributed by atoms with Gasteiger partial charge in [-0.05, 0) is 55.7 Å². The van der Waals surface area contributed by atoms with Crippen LogP contribution in [0.1, 0.15) is 62.5 Å². The van der Waals surface area contributed by atoms with Crippen molar-refractivity contribution in [1.82, 2.24) is 5.32 Å². The Bertz CT molecular complexity index is 668. The summed E-state index contributed by atoms with van der Waals surface area (Å²) in [4.78, 5) is 24.0. The fraction of sp³-hybridized carbons (Fsp3) is 0.545. The highest BCUT2D eigenvalue weighted by Crippen LogP contribution is 2.33. The molecule has 1 aromatic rings. The minimum Gasteiger partial charge on any atom is -0.466 e. The molecule has 2 saturated carbocycles. The van der Waals surface area contributed by atoms with E-state index in [9.17, 15) is 9.59 Å². The molecule has 0 bridgehead atoms. The first-order valence-electron chi connectivity index (χ1n) is 9.92. The lowest BCUT2D eigenvalue weighted by molar-refractivity contribution is -0.157. The van der Waals surface area contributed by atoms with Gasteiger partial charge >= 0.3 is 11.9 Å². The molecule has 0 radical (unpaired) electrons. The molecule has 5 nitrogen and oxygen atoms in total. The van der Waals surface area contributed by atoms with E-state index in [4.69, 9.17) is 4.74 Å². The highest BCUT2D eigenvalue weighted by molar-refractivity contribution is 5.86. The van der Waals surface area contributed by atoms with Crippen molar-refractivity contribution in [2.45, 2.75) is 69.6 Å². The van der Waals surface area contributed by atoms with Crippen molar-refractivity contribution in [3.05, 3.63) is 41.5 Å². The average Bonchev–Trinajstić information content (AvgIpc) is 3.38. The second-order valence-electron chi connectivity index (χ2n) is 7.55. The molecule has 0 unspecified atom stereocenters. The zero-order valence-electron chi connectivity index (χ0n) is 16.0. The Morgan fingerprint density at radius 2 is 1.78 bits per heavy atom. The zero-order chi connectivity index (χ0) is 19.1. The SMILES string of the molecule is COC(=O)C=Cc1ccc(CNC2(C(=O)OC3CCCC3)CCCC2)cc1. The molecule has 1 N–H and O–H groups in total. The summed E-state index contributed by atoms with van der Waals surface area (Å²) in [6, 6.07) is 7.92. The number of nitrogens with one attached hydrogen (secondary N) is 1. The smallest absolute Gasteiger partial charge is 0.330 e. The summed E-state index contributed by atoms with van der Waals surface area (Å²) < 4.78 is 10.4. The maximum absolute atomic E-state index is 12.8. The van der Waals surface area contributed by atoms with Crippen LogP contribution in [0, 0.1) is 0 Å². The van der Waals surface area contributed by atoms with Gasteiger partial charge in [-0.25, -0.2) is 4.79 Å². The van der Waals surface area contributed by atoms with Crippen molar-refractivity contribution in [3.63, 3.8) is 0 Å². The average molecular weight is 371 g/mol. The highest BCUT2D eigenvalue weighted by atomic mass is 16.5. The molecule has 0 aromatic heterocycles. The van der Waals surface area contributed by atoms with Gasteiger partial charge in [0.2, 0.25) is 0 Å². The van der Waals surface area contributed by atoms with Crippen LogP contribution in [0.5, 0.6) is 0 Å². The Morgan fingerprint density at radius 1 is 1.11 bits per heavy atom. The predicted molar refractivity (Wildman–Crippen MR) is 104 cm³/mol. The number of rotatable bonds is 7. The van der Waals surface area contributed by atoms with Gasteiger partial charge in [0.15, 0.2) is 0 Å². The molecule has 5 heteroatoms. The van der Waals surface area contributed by atoms with E-state index in [1.807, 2.05) is 24.3 Å². The van der Waals surface area contributed by atoms with Gasteiger partial charge in [0.05, 0.1) is 7.11 Å². The Balaban J connectivity index is 1.58. The first kappa shape index (κ1) is 19.6. The fourth-order valence-electron chi connectivity index (χ4n) is 3.95. The molecule has 3 rings (SSSR count). The molecule has 27 heavy (non-hydrogen) atoms. The van der Waals surface area contributed by atoms with Crippen LogP contribution < -0.4 is 5.32 Å². The normalized spacial score (nSPS) is 19.4. The molecule has 2 fully saturated rings. The molecule has 0 heterocycles. The fourth-order valence-corrected chi connectivity index (χ4v) is 3.95. The summed E-state index contributed by atoms with van der Waals surface area (Å²) in [7, 11) is 1.36. The Labute approximate surface area is 161 Å². The van der Waals surface area contributed by atoms with Gasteiger partial charge in [0, 0.05) is 12.6 Å². The lowest BCUT2D eigenvalue weighted by Crippen LogP contribution is -2.51. The molecule has 0 aliphatic heterocycles. The number of methoxy groups -OCH3 is 1. The van der Waals surface area contributed by atoms with E-state index in [-0.39, 0.29) is 18.0 Å². The Morgan fingerprint density at radius 3 is 2.41 bits per heavy atom. The molecule has 0 saturated heterocycles. The van der Waals surface area contributed by atoms with Crippen LogP contribution in [-0.4, -0.2) is 30.7 Å². The van der Waals surface area contributed by atoms with Crippen molar-refractivity contribution in [2.24, 2.45) is 0 Å². The number of ether oxygens (including phenoxy) is 2. The second kappa shape index (κ2) is 9.18. The molecule has 146 valence electrons. The Hall–Kier alpha value is -2.14. The van der Waals surface area contributed by atoms with Gasteiger partial charge < -0.3 is 9.47 Å². The van der Waals surface area contributed by atoms with Crippen LogP contribution in [-0.2, 0) is 25.6 Å². The van der Waals surface area contributed by atoms with Crippen molar-refractivity contribution >= 4 is 18.0 Å². The zero-order valence-corrected chi connectivity index (χ0v) is 16.0. The van der Waals surface area contributed by atoms with Crippen LogP contribution >= 0.6 is 0 Å². The molecule has 2 aliphatic carbocycles. The van der Waals surface area contributed by atoms with E-state index in [0.29, 0.717) is 6.54 Å². The van der Waals surface area contributed by atoms with E-state index < -0.39 is 5.54 Å². The minimum atomic E-state index is -0.536. The number of carbonyl (C=O) groups excluding carboxylic acids is 2. The van der Waals surface area contributed by atoms with Crippen LogP contribution in [0.2, 0.25) is 0 Å². The standard InChI is InChI=1S/C22H29NO4/c1-26-20(24)13-12-17-8-10-18(11-9-17)16-23-22(14-4-5-15-22)21(25)27-19-6-2-3-7-19/h8-13,19,23H,2-7,14-16H2,1H3. The maximum atomic E-state index is 12.8. The molecule has 1 aromatic carbocycles. The number of carbonyl (C=O) groups is 2. The number of hydrogen-bond acceptors (Lipinski definition) is 5. The van der Waals surface area contributed by atoms with Crippen molar-refractivity contribution < 1.29 is 19.1 Å². The third-order valence-corrected chi connectivity index (χ3v) is 5.65. The molecule has 0 atom stereocenters. The molecular weight excluding hydrogens is 342 g/mol. The van der Waals surface area contributed by atoms with Crippen LogP contribution in [0.25, 0.3) is 6.08 Å². The third kappa shape index (κ3) is 5.19. The van der Waals surface area contributed by atoms with Gasteiger partial charge in [-0.15, -0.1) is 0 Å². The summed E-state index contributed by atoms with van der Waals surface area (Å²) in [5.74, 6) is -0.436. The van der Waals surface area contributed by atoms with E-state index >= 15 is 0 Å². The van der Waals surface area contributed by atoms with Crippen LogP contribution in [0.15, 0.2) is 30.3 Å². The highest BCUT2D eigenvalue weighted by Gasteiger charge is 2.43. The van der Waals surface area contributed by atoms with Crippen molar-refractivity contribution in [3.8, 4) is 0 Å². The minimum absolute atomic E-state index is 0.0652. The summed E-state index contributed by atoms with van der Waals surface area (Å²) in [6.07, 6.45) is 11.4. The molecule has 0 spiro atoms. The van der Waals surface area contributed by atoms with Crippen LogP contribution in [0.3, 0.4) is 0 Å². The first-order chi connectivity index (χ1) is 13.1. The van der Waals surface area contributed by atoms with Gasteiger partial charge in [-0.1, -0.05) is 37.1 Å². The number of benzene rings is 1. The van der Waals surface area contributed by atoms with E-state index in [0.717, 1.165) is 62.5 Å². The van der Waals surface area contributed by atoms with E-state index in [1.54, 1.807) is 6.08 Å². The second-order valence-corrected chi connectivity index (χ2v) is 7.55. The lowest BCUT2D eigenvalue weighted by atomic mass is 9.97. The predicted octanol–water partition coefficient (Wildman–Crippen LogP) is 3.76. The topological polar surface area (TPSA) is 64.6 Å². The largest absolute Gasteiger partial charge is 0.466 e. The van der Waals surface area contributed by atoms with Gasteiger partial charge in [0.1, 0.15) is 11.6 Å². The summed E-state index contributed by atoms with van der Waals surface area (Å²) in [5, 5.41) is 3.50. The summed E-state index contributed by atoms with van der Waals surface area (Å²) >= 11 is 0. The van der Waals surface area contributed by atoms with Crippen molar-refractivity contribution in [2.75, 3.05) is 7.11 Å². The third-order valence-electron chi connectivity index (χ3n) is 5.65. The number of hydrogen-bond donors (Lipinski definition) is 1. The van der Waals surface area contributed by atoms with E-state index in [1.165, 1.54) is 13.2 Å². The first-order valence-corrected chi connectivity index (χ1v) is 9.92. The van der Waals surface area contributed by atoms with Gasteiger partial charge in [-0.2, -0.15) is 0 Å². The number of esters is 2. The van der Waals surface area contributed by atoms with Gasteiger partial charge in [0.25, 0.3) is 0 Å². The Kier molecular flexibility index (Phi) is 6.67. The molecule has 0 amide bonds. The van der Waals surface area contributed by atoms with Gasteiger partial charge in [-0.3, -0.25) is 10.1 Å². The molecule has 2 aliphatic rings. The van der Waals surface area contributed by atoms with Crippen molar-refractivity contribution in [1.29, 1.82) is 0 Å². The monoisotopic (exact) mass is 371 g/mol. The van der Waals surface area contributed by atoms with E-state index in [2.05, 4.69) is 10.1 Å².